The molecule has 1 fully saturated rings. The second-order valence-corrected chi connectivity index (χ2v) is 5.91. The molecule has 1 aliphatic rings. The number of thiazole rings is 1. The van der Waals surface area contributed by atoms with E-state index in [1.54, 1.807) is 11.3 Å². The maximum absolute atomic E-state index is 4.32. The van der Waals surface area contributed by atoms with Crippen molar-refractivity contribution in [1.29, 1.82) is 0 Å². The Balaban J connectivity index is 1.91. The molecule has 0 radical (unpaired) electrons. The van der Waals surface area contributed by atoms with Crippen molar-refractivity contribution in [3.63, 3.8) is 0 Å². The standard InChI is InChI=1S/C13H22N2S/c1-9(12-6-4-5-7-12)15-11(3)13-10(2)14-8-16-13/h8-9,11-12,15H,4-7H2,1-3H3/t9-,11?/m0/s1. The number of hydrogen-bond donors (Lipinski definition) is 1. The van der Waals surface area contributed by atoms with Crippen molar-refractivity contribution in [2.24, 2.45) is 5.92 Å². The highest BCUT2D eigenvalue weighted by atomic mass is 32.1. The molecule has 1 aromatic heterocycles. The van der Waals surface area contributed by atoms with E-state index >= 15 is 0 Å². The van der Waals surface area contributed by atoms with Gasteiger partial charge in [0.05, 0.1) is 11.2 Å². The number of nitrogens with zero attached hydrogens (tertiary/aromatic N) is 1. The fraction of sp³-hybridized carbons (Fsp3) is 0.769. The molecule has 2 atom stereocenters. The van der Waals surface area contributed by atoms with Gasteiger partial charge in [-0.3, -0.25) is 0 Å². The lowest BCUT2D eigenvalue weighted by atomic mass is 9.99. The Hall–Kier alpha value is -0.410. The molecule has 2 nitrogen and oxygen atoms in total. The van der Waals surface area contributed by atoms with Crippen LogP contribution < -0.4 is 5.32 Å². The Bertz CT molecular complexity index is 328. The van der Waals surface area contributed by atoms with Gasteiger partial charge in [0.25, 0.3) is 0 Å². The first-order valence-corrected chi connectivity index (χ1v) is 7.22. The molecule has 1 aromatic rings. The summed E-state index contributed by atoms with van der Waals surface area (Å²) in [5.41, 5.74) is 3.13. The van der Waals surface area contributed by atoms with Crippen molar-refractivity contribution in [3.8, 4) is 0 Å². The van der Waals surface area contributed by atoms with Crippen molar-refractivity contribution in [2.45, 2.75) is 58.5 Å². The van der Waals surface area contributed by atoms with Crippen molar-refractivity contribution in [1.82, 2.24) is 10.3 Å². The zero-order chi connectivity index (χ0) is 11.5. The molecule has 1 N–H and O–H groups in total. The van der Waals surface area contributed by atoms with Crippen molar-refractivity contribution in [3.05, 3.63) is 16.1 Å². The Kier molecular flexibility index (Phi) is 3.98. The minimum Gasteiger partial charge on any atom is -0.307 e. The second-order valence-electron chi connectivity index (χ2n) is 5.02. The average molecular weight is 238 g/mol. The van der Waals surface area contributed by atoms with E-state index in [0.29, 0.717) is 12.1 Å². The van der Waals surface area contributed by atoms with Gasteiger partial charge in [0, 0.05) is 17.0 Å². The molecular weight excluding hydrogens is 216 g/mol. The lowest BCUT2D eigenvalue weighted by Gasteiger charge is -2.24. The fourth-order valence-corrected chi connectivity index (χ4v) is 3.61. The summed E-state index contributed by atoms with van der Waals surface area (Å²) in [6.45, 7) is 6.69. The second kappa shape index (κ2) is 5.28. The Morgan fingerprint density at radius 1 is 1.38 bits per heavy atom. The van der Waals surface area contributed by atoms with E-state index < -0.39 is 0 Å². The van der Waals surface area contributed by atoms with Crippen LogP contribution in [0.25, 0.3) is 0 Å². The van der Waals surface area contributed by atoms with E-state index in [9.17, 15) is 0 Å². The van der Waals surface area contributed by atoms with E-state index in [1.165, 1.54) is 36.3 Å². The topological polar surface area (TPSA) is 24.9 Å². The predicted molar refractivity (Wildman–Crippen MR) is 69.8 cm³/mol. The first-order valence-electron chi connectivity index (χ1n) is 6.34. The van der Waals surface area contributed by atoms with E-state index in [0.717, 1.165) is 5.92 Å². The zero-order valence-corrected chi connectivity index (χ0v) is 11.3. The number of hydrogen-bond acceptors (Lipinski definition) is 3. The molecule has 0 aliphatic heterocycles. The zero-order valence-electron chi connectivity index (χ0n) is 10.5. The molecule has 90 valence electrons. The minimum absolute atomic E-state index is 0.447. The summed E-state index contributed by atoms with van der Waals surface area (Å²) >= 11 is 1.77. The van der Waals surface area contributed by atoms with Gasteiger partial charge in [-0.25, -0.2) is 4.98 Å². The van der Waals surface area contributed by atoms with Crippen LogP contribution in [0.2, 0.25) is 0 Å². The summed E-state index contributed by atoms with van der Waals surface area (Å²) < 4.78 is 0. The van der Waals surface area contributed by atoms with Crippen molar-refractivity contribution < 1.29 is 0 Å². The molecule has 16 heavy (non-hydrogen) atoms. The van der Waals surface area contributed by atoms with Crippen LogP contribution in [0.3, 0.4) is 0 Å². The highest BCUT2D eigenvalue weighted by Crippen LogP contribution is 2.29. The summed E-state index contributed by atoms with van der Waals surface area (Å²) in [6.07, 6.45) is 5.65. The van der Waals surface area contributed by atoms with Gasteiger partial charge in [0.2, 0.25) is 0 Å². The molecule has 0 saturated heterocycles. The summed E-state index contributed by atoms with van der Waals surface area (Å²) in [5.74, 6) is 0.885. The normalized spacial score (nSPS) is 21.2. The van der Waals surface area contributed by atoms with Gasteiger partial charge in [0.1, 0.15) is 0 Å². The third-order valence-corrected chi connectivity index (χ3v) is 4.91. The number of aromatic nitrogens is 1. The monoisotopic (exact) mass is 238 g/mol. The van der Waals surface area contributed by atoms with E-state index in [-0.39, 0.29) is 0 Å². The molecule has 0 spiro atoms. The van der Waals surface area contributed by atoms with Crippen molar-refractivity contribution in [2.75, 3.05) is 0 Å². The SMILES string of the molecule is Cc1ncsc1C(C)N[C@@H](C)C1CCCC1. The summed E-state index contributed by atoms with van der Waals surface area (Å²) in [6, 6.07) is 1.09. The third kappa shape index (κ3) is 2.64. The molecule has 3 heteroatoms. The highest BCUT2D eigenvalue weighted by Gasteiger charge is 2.23. The van der Waals surface area contributed by atoms with Crippen LogP contribution in [0.15, 0.2) is 5.51 Å². The molecule has 0 bridgehead atoms. The molecule has 1 unspecified atom stereocenters. The van der Waals surface area contributed by atoms with Gasteiger partial charge in [-0.05, 0) is 39.5 Å². The van der Waals surface area contributed by atoms with Crippen molar-refractivity contribution >= 4 is 11.3 Å². The largest absolute Gasteiger partial charge is 0.307 e. The average Bonchev–Trinajstić information content (AvgIpc) is 2.86. The van der Waals surface area contributed by atoms with Gasteiger partial charge in [-0.15, -0.1) is 11.3 Å². The lowest BCUT2D eigenvalue weighted by molar-refractivity contribution is 0.354. The third-order valence-electron chi connectivity index (χ3n) is 3.80. The first kappa shape index (κ1) is 12.1. The minimum atomic E-state index is 0.447. The highest BCUT2D eigenvalue weighted by molar-refractivity contribution is 7.09. The molecule has 2 rings (SSSR count). The first-order chi connectivity index (χ1) is 7.68. The van der Waals surface area contributed by atoms with E-state index in [2.05, 4.69) is 31.1 Å². The molecule has 1 aliphatic carbocycles. The molecule has 1 saturated carbocycles. The van der Waals surface area contributed by atoms with E-state index in [1.807, 2.05) is 5.51 Å². The number of rotatable bonds is 4. The van der Waals surface area contributed by atoms with Crippen LogP contribution in [0.4, 0.5) is 0 Å². The summed E-state index contributed by atoms with van der Waals surface area (Å²) in [5, 5.41) is 3.74. The van der Waals surface area contributed by atoms with Gasteiger partial charge in [-0.1, -0.05) is 12.8 Å². The maximum atomic E-state index is 4.32. The van der Waals surface area contributed by atoms with Gasteiger partial charge in [-0.2, -0.15) is 0 Å². The van der Waals surface area contributed by atoms with E-state index in [4.69, 9.17) is 0 Å². The Labute approximate surface area is 102 Å². The maximum Gasteiger partial charge on any atom is 0.0798 e. The van der Waals surface area contributed by atoms with Gasteiger partial charge in [0.15, 0.2) is 0 Å². The van der Waals surface area contributed by atoms with Crippen LogP contribution >= 0.6 is 11.3 Å². The van der Waals surface area contributed by atoms with Gasteiger partial charge < -0.3 is 5.32 Å². The molecule has 0 aromatic carbocycles. The fourth-order valence-electron chi connectivity index (χ4n) is 2.79. The summed E-state index contributed by atoms with van der Waals surface area (Å²) in [7, 11) is 0. The Morgan fingerprint density at radius 2 is 2.06 bits per heavy atom. The quantitative estimate of drug-likeness (QED) is 0.865. The predicted octanol–water partition coefficient (Wildman–Crippen LogP) is 3.68. The van der Waals surface area contributed by atoms with Crippen LogP contribution in [0, 0.1) is 12.8 Å². The number of nitrogens with one attached hydrogen (secondary N) is 1. The van der Waals surface area contributed by atoms with Gasteiger partial charge >= 0.3 is 0 Å². The van der Waals surface area contributed by atoms with Crippen LogP contribution in [0.5, 0.6) is 0 Å². The van der Waals surface area contributed by atoms with Crippen LogP contribution in [0.1, 0.15) is 56.1 Å². The number of aryl methyl sites for hydroxylation is 1. The van der Waals surface area contributed by atoms with Crippen LogP contribution in [-0.4, -0.2) is 11.0 Å². The summed E-state index contributed by atoms with van der Waals surface area (Å²) in [4.78, 5) is 5.71. The van der Waals surface area contributed by atoms with Crippen LogP contribution in [-0.2, 0) is 0 Å². The molecular formula is C13H22N2S. The Morgan fingerprint density at radius 3 is 2.62 bits per heavy atom. The molecule has 1 heterocycles. The molecule has 0 amide bonds. The smallest absolute Gasteiger partial charge is 0.0798 e. The lowest BCUT2D eigenvalue weighted by Crippen LogP contribution is -2.34.